The van der Waals surface area contributed by atoms with E-state index >= 15 is 0 Å². The molecule has 0 spiro atoms. The van der Waals surface area contributed by atoms with E-state index in [0.29, 0.717) is 0 Å². The average Bonchev–Trinajstić information content (AvgIpc) is 2.45. The Morgan fingerprint density at radius 2 is 1.17 bits per heavy atom. The molecule has 0 atom stereocenters. The summed E-state index contributed by atoms with van der Waals surface area (Å²) in [6.45, 7) is 0. The molecule has 2 aromatic rings. The summed E-state index contributed by atoms with van der Waals surface area (Å²) in [7, 11) is 6.77. The number of hydrogen-bond donors (Lipinski definition) is 0. The molecule has 0 aliphatic carbocycles. The first-order valence-electron chi connectivity index (χ1n) is 5.44. The molecular weight excluding hydrogens is 264 g/mol. The summed E-state index contributed by atoms with van der Waals surface area (Å²) in [5.74, 6) is 1.76. The van der Waals surface area contributed by atoms with Crippen LogP contribution in [0.5, 0.6) is 11.5 Å². The van der Waals surface area contributed by atoms with E-state index in [-0.39, 0.29) is 0 Å². The Morgan fingerprint density at radius 1 is 0.722 bits per heavy atom. The van der Waals surface area contributed by atoms with Gasteiger partial charge in [0.25, 0.3) is 0 Å². The number of ether oxygens (including phenoxy) is 2. The molecule has 0 aliphatic heterocycles. The molecule has 0 saturated carbocycles. The monoisotopic (exact) mass is 278 g/mol. The van der Waals surface area contributed by atoms with Gasteiger partial charge in [-0.25, -0.2) is 0 Å². The fourth-order valence-corrected chi connectivity index (χ4v) is 3.39. The highest BCUT2D eigenvalue weighted by Crippen LogP contribution is 2.39. The van der Waals surface area contributed by atoms with Gasteiger partial charge in [-0.05, 0) is 36.4 Å². The summed E-state index contributed by atoms with van der Waals surface area (Å²) in [4.78, 5) is 2.34. The van der Waals surface area contributed by atoms with Crippen LogP contribution in [0.25, 0.3) is 0 Å². The summed E-state index contributed by atoms with van der Waals surface area (Å²) in [5.41, 5.74) is 0. The predicted molar refractivity (Wildman–Crippen MR) is 77.7 cm³/mol. The van der Waals surface area contributed by atoms with E-state index in [1.807, 2.05) is 36.4 Å². The smallest absolute Gasteiger partial charge is 0.120 e. The van der Waals surface area contributed by atoms with Crippen molar-refractivity contribution in [3.8, 4) is 11.5 Å². The van der Waals surface area contributed by atoms with Gasteiger partial charge in [-0.15, -0.1) is 0 Å². The van der Waals surface area contributed by atoms with E-state index in [1.165, 1.54) is 9.79 Å². The fourth-order valence-electron chi connectivity index (χ4n) is 1.40. The Kier molecular flexibility index (Phi) is 4.84. The molecule has 0 heterocycles. The minimum Gasteiger partial charge on any atom is -0.497 e. The van der Waals surface area contributed by atoms with Crippen molar-refractivity contribution in [2.24, 2.45) is 0 Å². The van der Waals surface area contributed by atoms with Crippen LogP contribution >= 0.6 is 21.6 Å². The predicted octanol–water partition coefficient (Wildman–Crippen LogP) is 4.50. The number of methoxy groups -OCH3 is 2. The van der Waals surface area contributed by atoms with Gasteiger partial charge >= 0.3 is 0 Å². The van der Waals surface area contributed by atoms with E-state index in [9.17, 15) is 0 Å². The van der Waals surface area contributed by atoms with Crippen molar-refractivity contribution in [1.29, 1.82) is 0 Å². The maximum Gasteiger partial charge on any atom is 0.120 e. The zero-order valence-electron chi connectivity index (χ0n) is 10.3. The Hall–Kier alpha value is -1.26. The maximum absolute atomic E-state index is 5.20. The van der Waals surface area contributed by atoms with Crippen LogP contribution in [0, 0.1) is 0 Å². The average molecular weight is 278 g/mol. The molecule has 0 aromatic heterocycles. The molecule has 0 amide bonds. The highest BCUT2D eigenvalue weighted by Gasteiger charge is 2.00. The molecule has 0 fully saturated rings. The molecule has 2 rings (SSSR count). The third-order valence-electron chi connectivity index (χ3n) is 2.32. The van der Waals surface area contributed by atoms with Crippen molar-refractivity contribution in [3.05, 3.63) is 48.5 Å². The molecule has 0 unspecified atom stereocenters. The van der Waals surface area contributed by atoms with Gasteiger partial charge < -0.3 is 9.47 Å². The topological polar surface area (TPSA) is 18.5 Å². The lowest BCUT2D eigenvalue weighted by molar-refractivity contribution is 0.413. The molecule has 2 nitrogen and oxygen atoms in total. The molecular formula is C14H14O2S2. The van der Waals surface area contributed by atoms with Gasteiger partial charge in [0.05, 0.1) is 14.2 Å². The van der Waals surface area contributed by atoms with Crippen molar-refractivity contribution < 1.29 is 9.47 Å². The number of hydrogen-bond acceptors (Lipinski definition) is 4. The van der Waals surface area contributed by atoms with Gasteiger partial charge in [0.1, 0.15) is 11.5 Å². The Bertz CT molecular complexity index is 467. The molecule has 0 aliphatic rings. The van der Waals surface area contributed by atoms with Crippen molar-refractivity contribution >= 4 is 21.6 Å². The Balaban J connectivity index is 2.01. The van der Waals surface area contributed by atoms with E-state index in [2.05, 4.69) is 12.1 Å². The van der Waals surface area contributed by atoms with Crippen LogP contribution in [0.4, 0.5) is 0 Å². The first-order chi connectivity index (χ1) is 8.81. The van der Waals surface area contributed by atoms with Crippen molar-refractivity contribution in [1.82, 2.24) is 0 Å². The summed E-state index contributed by atoms with van der Waals surface area (Å²) in [6.07, 6.45) is 0. The highest BCUT2D eigenvalue weighted by atomic mass is 33.1. The molecule has 4 heteroatoms. The van der Waals surface area contributed by atoms with Crippen molar-refractivity contribution in [3.63, 3.8) is 0 Å². The van der Waals surface area contributed by atoms with Crippen LogP contribution in [-0.2, 0) is 0 Å². The van der Waals surface area contributed by atoms with Crippen LogP contribution < -0.4 is 9.47 Å². The van der Waals surface area contributed by atoms with Crippen LogP contribution in [0.2, 0.25) is 0 Å². The van der Waals surface area contributed by atoms with Gasteiger partial charge in [0.2, 0.25) is 0 Å². The van der Waals surface area contributed by atoms with Crippen LogP contribution in [0.15, 0.2) is 58.3 Å². The summed E-state index contributed by atoms with van der Waals surface area (Å²) in [5, 5.41) is 0. The normalized spacial score (nSPS) is 10.1. The third kappa shape index (κ3) is 3.62. The Labute approximate surface area is 115 Å². The second-order valence-electron chi connectivity index (χ2n) is 3.52. The molecule has 0 saturated heterocycles. The number of benzene rings is 2. The Morgan fingerprint density at radius 3 is 1.56 bits per heavy atom. The molecule has 2 aromatic carbocycles. The molecule has 18 heavy (non-hydrogen) atoms. The first-order valence-corrected chi connectivity index (χ1v) is 7.59. The van der Waals surface area contributed by atoms with Gasteiger partial charge in [-0.1, -0.05) is 33.7 Å². The van der Waals surface area contributed by atoms with Gasteiger partial charge in [-0.2, -0.15) is 0 Å². The van der Waals surface area contributed by atoms with Crippen LogP contribution in [-0.4, -0.2) is 14.2 Å². The van der Waals surface area contributed by atoms with Crippen molar-refractivity contribution in [2.75, 3.05) is 14.2 Å². The van der Waals surface area contributed by atoms with E-state index in [0.717, 1.165) is 11.5 Å². The quantitative estimate of drug-likeness (QED) is 0.749. The zero-order valence-corrected chi connectivity index (χ0v) is 11.9. The lowest BCUT2D eigenvalue weighted by Crippen LogP contribution is -1.82. The largest absolute Gasteiger partial charge is 0.497 e. The van der Waals surface area contributed by atoms with Gasteiger partial charge in [-0.3, -0.25) is 0 Å². The minimum absolute atomic E-state index is 0.881. The highest BCUT2D eigenvalue weighted by molar-refractivity contribution is 8.76. The standard InChI is InChI=1S/C14H14O2S2/c1-15-11-5-3-7-13(9-11)17-18-14-8-4-6-12(10-14)16-2/h3-10H,1-2H3. The van der Waals surface area contributed by atoms with E-state index in [4.69, 9.17) is 9.47 Å². The maximum atomic E-state index is 5.20. The molecule has 0 bridgehead atoms. The summed E-state index contributed by atoms with van der Waals surface area (Å²) >= 11 is 0. The summed E-state index contributed by atoms with van der Waals surface area (Å²) < 4.78 is 10.4. The van der Waals surface area contributed by atoms with Crippen LogP contribution in [0.3, 0.4) is 0 Å². The fraction of sp³-hybridized carbons (Fsp3) is 0.143. The van der Waals surface area contributed by atoms with Crippen LogP contribution in [0.1, 0.15) is 0 Å². The second-order valence-corrected chi connectivity index (χ2v) is 5.80. The second kappa shape index (κ2) is 6.61. The van der Waals surface area contributed by atoms with Gasteiger partial charge in [0, 0.05) is 9.79 Å². The lowest BCUT2D eigenvalue weighted by atomic mass is 10.3. The van der Waals surface area contributed by atoms with E-state index < -0.39 is 0 Å². The lowest BCUT2D eigenvalue weighted by Gasteiger charge is -2.05. The molecule has 0 radical (unpaired) electrons. The zero-order chi connectivity index (χ0) is 12.8. The first kappa shape index (κ1) is 13.2. The third-order valence-corrected chi connectivity index (χ3v) is 4.70. The van der Waals surface area contributed by atoms with Crippen molar-refractivity contribution in [2.45, 2.75) is 9.79 Å². The van der Waals surface area contributed by atoms with E-state index in [1.54, 1.807) is 35.8 Å². The van der Waals surface area contributed by atoms with Gasteiger partial charge in [0.15, 0.2) is 0 Å². The minimum atomic E-state index is 0.881. The SMILES string of the molecule is COc1cccc(SSc2cccc(OC)c2)c1. The number of rotatable bonds is 5. The molecule has 0 N–H and O–H groups in total. The molecule has 94 valence electrons. The summed E-state index contributed by atoms with van der Waals surface area (Å²) in [6, 6.07) is 16.1.